The Bertz CT molecular complexity index is 826. The molecule has 2 rings (SSSR count). The van der Waals surface area contributed by atoms with E-state index < -0.39 is 11.5 Å². The largest absolute Gasteiger partial charge is 0.495 e. The quantitative estimate of drug-likeness (QED) is 0.659. The van der Waals surface area contributed by atoms with Crippen LogP contribution in [0.2, 0.25) is 0 Å². The van der Waals surface area contributed by atoms with Gasteiger partial charge in [0.05, 0.1) is 19.1 Å². The van der Waals surface area contributed by atoms with Gasteiger partial charge in [-0.1, -0.05) is 12.1 Å². The Kier molecular flexibility index (Phi) is 5.38. The first-order valence-electron chi connectivity index (χ1n) is 6.57. The maximum Gasteiger partial charge on any atom is 0.272 e. The maximum absolute atomic E-state index is 12.2. The minimum absolute atomic E-state index is 0.0647. The summed E-state index contributed by atoms with van der Waals surface area (Å²) in [4.78, 5) is 28.3. The van der Waals surface area contributed by atoms with Gasteiger partial charge in [0.15, 0.2) is 0 Å². The molecule has 0 fully saturated rings. The van der Waals surface area contributed by atoms with Crippen LogP contribution < -0.4 is 15.6 Å². The Morgan fingerprint density at radius 3 is 2.87 bits per heavy atom. The first kappa shape index (κ1) is 16.6. The second-order valence-corrected chi connectivity index (χ2v) is 5.22. The lowest BCUT2D eigenvalue weighted by Crippen LogP contribution is -2.29. The predicted molar refractivity (Wildman–Crippen MR) is 86.6 cm³/mol. The van der Waals surface area contributed by atoms with Gasteiger partial charge in [0.25, 0.3) is 5.56 Å². The summed E-state index contributed by atoms with van der Waals surface area (Å²) in [5.74, 6) is 0.0981. The molecule has 0 atom stereocenters. The normalized spacial score (nSPS) is 9.96. The molecule has 1 N–H and O–H groups in total. The van der Waals surface area contributed by atoms with Crippen LogP contribution in [0.1, 0.15) is 5.56 Å². The molecule has 0 spiro atoms. The van der Waals surface area contributed by atoms with Gasteiger partial charge in [0, 0.05) is 0 Å². The van der Waals surface area contributed by atoms with E-state index in [-0.39, 0.29) is 12.1 Å². The van der Waals surface area contributed by atoms with Crippen LogP contribution >= 0.6 is 11.8 Å². The number of hydrogen-bond donors (Lipinski definition) is 1. The van der Waals surface area contributed by atoms with Gasteiger partial charge in [0.2, 0.25) is 5.91 Å². The van der Waals surface area contributed by atoms with Crippen molar-refractivity contribution in [2.24, 2.45) is 0 Å². The van der Waals surface area contributed by atoms with Gasteiger partial charge in [-0.15, -0.1) is 11.8 Å². The molecule has 23 heavy (non-hydrogen) atoms. The van der Waals surface area contributed by atoms with E-state index in [1.165, 1.54) is 25.2 Å². The van der Waals surface area contributed by atoms with Crippen LogP contribution in [0.5, 0.6) is 5.75 Å². The zero-order valence-corrected chi connectivity index (χ0v) is 13.4. The molecule has 1 amide bonds. The van der Waals surface area contributed by atoms with Crippen LogP contribution in [-0.4, -0.2) is 28.8 Å². The second kappa shape index (κ2) is 7.47. The average Bonchev–Trinajstić information content (AvgIpc) is 2.56. The molecule has 0 aliphatic rings. The van der Waals surface area contributed by atoms with Crippen LogP contribution in [0.25, 0.3) is 0 Å². The molecule has 0 saturated heterocycles. The van der Waals surface area contributed by atoms with Crippen LogP contribution in [0.15, 0.2) is 40.4 Å². The van der Waals surface area contributed by atoms with E-state index in [0.717, 1.165) is 4.57 Å². The van der Waals surface area contributed by atoms with Crippen molar-refractivity contribution in [3.8, 4) is 11.8 Å². The number of methoxy groups -OCH3 is 1. The van der Waals surface area contributed by atoms with Crippen molar-refractivity contribution in [2.45, 2.75) is 11.6 Å². The smallest absolute Gasteiger partial charge is 0.272 e. The van der Waals surface area contributed by atoms with Crippen molar-refractivity contribution in [1.29, 1.82) is 5.26 Å². The van der Waals surface area contributed by atoms with Crippen molar-refractivity contribution in [1.82, 2.24) is 9.55 Å². The van der Waals surface area contributed by atoms with Gasteiger partial charge >= 0.3 is 0 Å². The maximum atomic E-state index is 12.2. The molecule has 8 heteroatoms. The highest BCUT2D eigenvalue weighted by atomic mass is 32.2. The van der Waals surface area contributed by atoms with Crippen LogP contribution in [0.3, 0.4) is 0 Å². The average molecular weight is 330 g/mol. The highest BCUT2D eigenvalue weighted by molar-refractivity contribution is 7.98. The van der Waals surface area contributed by atoms with E-state index in [2.05, 4.69) is 10.3 Å². The van der Waals surface area contributed by atoms with Crippen molar-refractivity contribution in [3.63, 3.8) is 0 Å². The zero-order chi connectivity index (χ0) is 16.8. The number of ether oxygens (including phenoxy) is 1. The summed E-state index contributed by atoms with van der Waals surface area (Å²) >= 11 is 1.21. The van der Waals surface area contributed by atoms with E-state index in [0.29, 0.717) is 16.5 Å². The topological polar surface area (TPSA) is 97.0 Å². The number of benzene rings is 1. The molecule has 7 nitrogen and oxygen atoms in total. The Morgan fingerprint density at radius 1 is 1.48 bits per heavy atom. The molecule has 0 aliphatic heterocycles. The molecule has 0 unspecified atom stereocenters. The van der Waals surface area contributed by atoms with Crippen molar-refractivity contribution in [2.75, 3.05) is 18.7 Å². The summed E-state index contributed by atoms with van der Waals surface area (Å²) in [5.41, 5.74) is -0.102. The van der Waals surface area contributed by atoms with E-state index in [1.807, 2.05) is 6.07 Å². The minimum Gasteiger partial charge on any atom is -0.495 e. The number of hydrogen-bond acceptors (Lipinski definition) is 6. The molecule has 0 saturated carbocycles. The first-order chi connectivity index (χ1) is 11.1. The van der Waals surface area contributed by atoms with Crippen LogP contribution in [-0.2, 0) is 11.3 Å². The summed E-state index contributed by atoms with van der Waals surface area (Å²) in [6, 6.07) is 8.77. The summed E-state index contributed by atoms with van der Waals surface area (Å²) in [7, 11) is 1.50. The molecule has 2 aromatic rings. The Morgan fingerprint density at radius 2 is 2.22 bits per heavy atom. The SMILES string of the molecule is COc1ccccc1NC(=O)Cn1cnc(SC)c(C#N)c1=O. The lowest BCUT2D eigenvalue weighted by molar-refractivity contribution is -0.116. The Balaban J connectivity index is 2.21. The number of carbonyl (C=O) groups excluding carboxylic acids is 1. The molecular weight excluding hydrogens is 316 g/mol. The summed E-state index contributed by atoms with van der Waals surface area (Å²) in [6.07, 6.45) is 2.98. The molecular formula is C15H14N4O3S. The van der Waals surface area contributed by atoms with Crippen molar-refractivity contribution in [3.05, 3.63) is 46.5 Å². The highest BCUT2D eigenvalue weighted by Gasteiger charge is 2.13. The van der Waals surface area contributed by atoms with Gasteiger partial charge in [-0.2, -0.15) is 5.26 Å². The van der Waals surface area contributed by atoms with Gasteiger partial charge in [-0.3, -0.25) is 14.2 Å². The number of nitriles is 1. The Hall–Kier alpha value is -2.79. The fraction of sp³-hybridized carbons (Fsp3) is 0.200. The lowest BCUT2D eigenvalue weighted by atomic mass is 10.3. The van der Waals surface area contributed by atoms with Crippen LogP contribution in [0.4, 0.5) is 5.69 Å². The minimum atomic E-state index is -0.540. The van der Waals surface area contributed by atoms with Gasteiger partial charge < -0.3 is 10.1 Å². The number of anilines is 1. The molecule has 1 heterocycles. The summed E-state index contributed by atoms with van der Waals surface area (Å²) in [5, 5.41) is 12.1. The van der Waals surface area contributed by atoms with Gasteiger partial charge in [-0.05, 0) is 18.4 Å². The third kappa shape index (κ3) is 3.70. The fourth-order valence-corrected chi connectivity index (χ4v) is 2.42. The highest BCUT2D eigenvalue weighted by Crippen LogP contribution is 2.22. The van der Waals surface area contributed by atoms with Gasteiger partial charge in [-0.25, -0.2) is 4.98 Å². The monoisotopic (exact) mass is 330 g/mol. The number of nitrogens with one attached hydrogen (secondary N) is 1. The number of para-hydroxylation sites is 2. The molecule has 1 aromatic carbocycles. The molecule has 0 radical (unpaired) electrons. The number of aromatic nitrogens is 2. The first-order valence-corrected chi connectivity index (χ1v) is 7.79. The Labute approximate surface area is 136 Å². The van der Waals surface area contributed by atoms with E-state index in [1.54, 1.807) is 30.5 Å². The molecule has 0 bridgehead atoms. The van der Waals surface area contributed by atoms with Crippen molar-refractivity contribution >= 4 is 23.4 Å². The van der Waals surface area contributed by atoms with E-state index in [9.17, 15) is 9.59 Å². The number of thioether (sulfide) groups is 1. The second-order valence-electron chi connectivity index (χ2n) is 4.42. The van der Waals surface area contributed by atoms with E-state index in [4.69, 9.17) is 10.00 Å². The third-order valence-corrected chi connectivity index (χ3v) is 3.70. The van der Waals surface area contributed by atoms with E-state index >= 15 is 0 Å². The fourth-order valence-electron chi connectivity index (χ4n) is 1.93. The van der Waals surface area contributed by atoms with Crippen LogP contribution in [0, 0.1) is 11.3 Å². The van der Waals surface area contributed by atoms with Gasteiger partial charge in [0.1, 0.15) is 29.0 Å². The molecule has 118 valence electrons. The number of amides is 1. The predicted octanol–water partition coefficient (Wildman–Crippen LogP) is 1.48. The number of nitrogens with zero attached hydrogens (tertiary/aromatic N) is 3. The summed E-state index contributed by atoms with van der Waals surface area (Å²) < 4.78 is 6.25. The lowest BCUT2D eigenvalue weighted by Gasteiger charge is -2.11. The summed E-state index contributed by atoms with van der Waals surface area (Å²) in [6.45, 7) is -0.243. The number of carbonyl (C=O) groups is 1. The molecule has 1 aromatic heterocycles. The molecule has 0 aliphatic carbocycles. The standard InChI is InChI=1S/C15H14N4O3S/c1-22-12-6-4-3-5-11(12)18-13(20)8-19-9-17-14(23-2)10(7-16)15(19)21/h3-6,9H,8H2,1-2H3,(H,18,20). The van der Waals surface area contributed by atoms with Crippen molar-refractivity contribution < 1.29 is 9.53 Å². The third-order valence-electron chi connectivity index (χ3n) is 3.00. The zero-order valence-electron chi connectivity index (χ0n) is 12.6. The number of rotatable bonds is 5.